The molecule has 0 spiro atoms. The van der Waals surface area contributed by atoms with Gasteiger partial charge in [-0.1, -0.05) is 85.8 Å². The van der Waals surface area contributed by atoms with Crippen LogP contribution >= 0.6 is 7.26 Å². The molecule has 1 nitrogen and oxygen atoms in total. The van der Waals surface area contributed by atoms with Gasteiger partial charge in [0, 0.05) is 0 Å². The maximum atomic E-state index is 6.12. The van der Waals surface area contributed by atoms with Gasteiger partial charge in [0.05, 0.1) is 6.16 Å². The van der Waals surface area contributed by atoms with Crippen molar-refractivity contribution in [2.24, 2.45) is 0 Å². The molecule has 0 saturated heterocycles. The lowest BCUT2D eigenvalue weighted by molar-refractivity contribution is -0.00000732. The van der Waals surface area contributed by atoms with Crippen molar-refractivity contribution >= 4 is 23.2 Å². The third-order valence-corrected chi connectivity index (χ3v) is 11.0. The molecule has 5 rings (SSSR count). The molecule has 0 aliphatic carbocycles. The highest BCUT2D eigenvalue weighted by atomic mass is 79.9. The molecule has 0 atom stereocenters. The Bertz CT molecular complexity index is 1330. The first kappa shape index (κ1) is 25.9. The van der Waals surface area contributed by atoms with Gasteiger partial charge in [-0.05, 0) is 78.2 Å². The number of benzene rings is 5. The lowest BCUT2D eigenvalue weighted by Crippen LogP contribution is -3.00. The Balaban J connectivity index is 0.00000304. The fourth-order valence-electron chi connectivity index (χ4n) is 4.82. The van der Waals surface area contributed by atoms with Gasteiger partial charge in [0.25, 0.3) is 0 Å². The molecule has 0 amide bonds. The fourth-order valence-corrected chi connectivity index (χ4v) is 9.22. The minimum Gasteiger partial charge on any atom is -1.00 e. The Morgan fingerprint density at radius 3 is 1.56 bits per heavy atom. The summed E-state index contributed by atoms with van der Waals surface area (Å²) in [7, 11) is -1.80. The molecular weight excluding hydrogens is 523 g/mol. The van der Waals surface area contributed by atoms with Crippen LogP contribution in [0, 0.1) is 0 Å². The summed E-state index contributed by atoms with van der Waals surface area (Å²) in [4.78, 5) is 0. The van der Waals surface area contributed by atoms with Crippen LogP contribution in [0.25, 0.3) is 11.1 Å². The molecule has 36 heavy (non-hydrogen) atoms. The van der Waals surface area contributed by atoms with Gasteiger partial charge in [0.2, 0.25) is 0 Å². The minimum absolute atomic E-state index is 0. The molecule has 0 heterocycles. The fraction of sp³-hybridized carbons (Fsp3) is 0.0909. The molecule has 5 aromatic rings. The standard InChI is InChI=1S/C33H30OP.BrH/c1-2-24-35(31-19-8-4-9-20-31,32-21-10-5-11-22-32)33-23-13-15-28(26-33)27-14-12-18-30(25-27)34-29-16-6-3-7-17-29;/h3-23,25-26H,2,24H2,1H3;1H/q+1;/p-1. The first-order valence-electron chi connectivity index (χ1n) is 12.2. The van der Waals surface area contributed by atoms with Crippen LogP contribution in [0.2, 0.25) is 0 Å². The van der Waals surface area contributed by atoms with Crippen LogP contribution < -0.4 is 37.6 Å². The van der Waals surface area contributed by atoms with E-state index in [1.54, 1.807) is 0 Å². The second kappa shape index (κ2) is 12.2. The van der Waals surface area contributed by atoms with E-state index in [4.69, 9.17) is 4.74 Å². The predicted octanol–water partition coefficient (Wildman–Crippen LogP) is 4.85. The molecule has 180 valence electrons. The Morgan fingerprint density at radius 1 is 0.500 bits per heavy atom. The highest BCUT2D eigenvalue weighted by Crippen LogP contribution is 2.56. The van der Waals surface area contributed by atoms with Crippen LogP contribution in [0.3, 0.4) is 0 Å². The predicted molar refractivity (Wildman–Crippen MR) is 152 cm³/mol. The van der Waals surface area contributed by atoms with Gasteiger partial charge in [-0.3, -0.25) is 0 Å². The monoisotopic (exact) mass is 552 g/mol. The Kier molecular flexibility index (Phi) is 8.75. The van der Waals surface area contributed by atoms with Crippen LogP contribution in [-0.2, 0) is 0 Å². The zero-order valence-electron chi connectivity index (χ0n) is 20.4. The topological polar surface area (TPSA) is 9.23 Å². The summed E-state index contributed by atoms with van der Waals surface area (Å²) in [6.45, 7) is 2.30. The van der Waals surface area contributed by atoms with E-state index in [1.807, 2.05) is 36.4 Å². The van der Waals surface area contributed by atoms with E-state index in [2.05, 4.69) is 110 Å². The quantitative estimate of drug-likeness (QED) is 0.250. The van der Waals surface area contributed by atoms with Crippen LogP contribution in [-0.4, -0.2) is 6.16 Å². The average molecular weight is 553 g/mol. The number of para-hydroxylation sites is 1. The van der Waals surface area contributed by atoms with E-state index in [-0.39, 0.29) is 17.0 Å². The summed E-state index contributed by atoms with van der Waals surface area (Å²) >= 11 is 0. The van der Waals surface area contributed by atoms with Gasteiger partial charge in [0.15, 0.2) is 0 Å². The normalized spacial score (nSPS) is 10.9. The van der Waals surface area contributed by atoms with Crippen molar-refractivity contribution in [2.45, 2.75) is 13.3 Å². The van der Waals surface area contributed by atoms with Crippen molar-refractivity contribution in [3.05, 3.63) is 140 Å². The van der Waals surface area contributed by atoms with E-state index in [1.165, 1.54) is 21.5 Å². The molecule has 0 unspecified atom stereocenters. The second-order valence-electron chi connectivity index (χ2n) is 8.70. The molecule has 0 aliphatic rings. The number of hydrogen-bond donors (Lipinski definition) is 0. The van der Waals surface area contributed by atoms with Crippen molar-refractivity contribution in [2.75, 3.05) is 6.16 Å². The highest BCUT2D eigenvalue weighted by molar-refractivity contribution is 7.95. The van der Waals surface area contributed by atoms with Gasteiger partial charge >= 0.3 is 0 Å². The number of ether oxygens (including phenoxy) is 1. The summed E-state index contributed by atoms with van der Waals surface area (Å²) in [5.74, 6) is 1.69. The largest absolute Gasteiger partial charge is 1.00 e. The first-order chi connectivity index (χ1) is 17.3. The second-order valence-corrected chi connectivity index (χ2v) is 12.3. The maximum Gasteiger partial charge on any atom is 0.128 e. The molecule has 0 aromatic heterocycles. The summed E-state index contributed by atoms with van der Waals surface area (Å²) in [5, 5.41) is 4.29. The molecule has 0 fully saturated rings. The summed E-state index contributed by atoms with van der Waals surface area (Å²) in [6.07, 6.45) is 2.27. The molecular formula is C33H30BrOP. The maximum absolute atomic E-state index is 6.12. The minimum atomic E-state index is -1.80. The number of halogens is 1. The van der Waals surface area contributed by atoms with E-state index in [9.17, 15) is 0 Å². The van der Waals surface area contributed by atoms with Gasteiger partial charge in [-0.2, -0.15) is 0 Å². The lowest BCUT2D eigenvalue weighted by Gasteiger charge is -2.27. The molecule has 0 aliphatic heterocycles. The van der Waals surface area contributed by atoms with Gasteiger partial charge in [-0.15, -0.1) is 0 Å². The lowest BCUT2D eigenvalue weighted by atomic mass is 10.1. The van der Waals surface area contributed by atoms with E-state index < -0.39 is 7.26 Å². The Hall–Kier alpha value is -3.19. The van der Waals surface area contributed by atoms with E-state index in [0.717, 1.165) is 29.6 Å². The zero-order chi connectivity index (χ0) is 23.9. The average Bonchev–Trinajstić information content (AvgIpc) is 2.93. The number of hydrogen-bond acceptors (Lipinski definition) is 1. The van der Waals surface area contributed by atoms with Gasteiger partial charge < -0.3 is 21.7 Å². The molecule has 0 saturated carbocycles. The molecule has 0 N–H and O–H groups in total. The van der Waals surface area contributed by atoms with Gasteiger partial charge in [-0.25, -0.2) is 0 Å². The SMILES string of the molecule is CCC[P+](c1ccccc1)(c1ccccc1)c1cccc(-c2cccc(Oc3ccccc3)c2)c1.[Br-]. The van der Waals surface area contributed by atoms with Crippen molar-refractivity contribution in [1.82, 2.24) is 0 Å². The molecule has 3 heteroatoms. The Labute approximate surface area is 225 Å². The molecule has 5 aromatic carbocycles. The van der Waals surface area contributed by atoms with Crippen LogP contribution in [0.5, 0.6) is 11.5 Å². The van der Waals surface area contributed by atoms with E-state index >= 15 is 0 Å². The van der Waals surface area contributed by atoms with Gasteiger partial charge in [0.1, 0.15) is 34.7 Å². The van der Waals surface area contributed by atoms with Crippen LogP contribution in [0.15, 0.2) is 140 Å². The Morgan fingerprint density at radius 2 is 0.972 bits per heavy atom. The molecule has 0 radical (unpaired) electrons. The summed E-state index contributed by atoms with van der Waals surface area (Å²) in [6, 6.07) is 49.7. The third-order valence-electron chi connectivity index (χ3n) is 6.39. The summed E-state index contributed by atoms with van der Waals surface area (Å²) in [5.41, 5.74) is 2.38. The van der Waals surface area contributed by atoms with E-state index in [0.29, 0.717) is 0 Å². The van der Waals surface area contributed by atoms with Crippen molar-refractivity contribution in [1.29, 1.82) is 0 Å². The van der Waals surface area contributed by atoms with Crippen molar-refractivity contribution in [3.63, 3.8) is 0 Å². The van der Waals surface area contributed by atoms with Crippen LogP contribution in [0.4, 0.5) is 0 Å². The smallest absolute Gasteiger partial charge is 0.128 e. The number of rotatable bonds is 8. The molecule has 0 bridgehead atoms. The zero-order valence-corrected chi connectivity index (χ0v) is 22.9. The first-order valence-corrected chi connectivity index (χ1v) is 14.2. The van der Waals surface area contributed by atoms with Crippen molar-refractivity contribution < 1.29 is 21.7 Å². The highest BCUT2D eigenvalue weighted by Gasteiger charge is 2.44. The third kappa shape index (κ3) is 5.46. The summed E-state index contributed by atoms with van der Waals surface area (Å²) < 4.78 is 6.12. The van der Waals surface area contributed by atoms with Crippen molar-refractivity contribution in [3.8, 4) is 22.6 Å². The van der Waals surface area contributed by atoms with Crippen LogP contribution in [0.1, 0.15) is 13.3 Å².